The van der Waals surface area contributed by atoms with E-state index in [4.69, 9.17) is 71.4 Å². The molecule has 8 heterocycles. The molecule has 0 aliphatic heterocycles. The van der Waals surface area contributed by atoms with Gasteiger partial charge in [0.15, 0.2) is 45.5 Å². The van der Waals surface area contributed by atoms with Crippen molar-refractivity contribution in [3.05, 3.63) is 378 Å². The number of nitrogens with zero attached hydrogens (tertiary/aromatic N) is 8. The molecule has 12 nitrogen and oxygen atoms in total. The average molecular weight is 1930 g/mol. The summed E-state index contributed by atoms with van der Waals surface area (Å²) in [6, 6.07) is 33.2. The fraction of sp³-hybridized carbons (Fsp3) is 0.284. The molecule has 12 aromatic carbocycles. The summed E-state index contributed by atoms with van der Waals surface area (Å²) in [5.41, 5.74) is 32.0. The van der Waals surface area contributed by atoms with Crippen molar-refractivity contribution in [2.75, 3.05) is 0 Å². The third-order valence-electron chi connectivity index (χ3n) is 32.4. The Morgan fingerprint density at radius 3 is 0.842 bits per heavy atom. The van der Waals surface area contributed by atoms with Crippen LogP contribution in [-0.2, 0) is 34.6 Å². The Balaban J connectivity index is 0.000000126. The number of rotatable bonds is 13. The molecular formula is C134H128N8O4+4. The van der Waals surface area contributed by atoms with Crippen LogP contribution in [-0.4, -0.2) is 0 Å². The number of furan rings is 4. The highest BCUT2D eigenvalue weighted by Gasteiger charge is 2.36. The van der Waals surface area contributed by atoms with E-state index >= 15 is 0 Å². The largest absolute Gasteiger partial charge is 0.456 e. The Labute approximate surface area is 886 Å². The van der Waals surface area contributed by atoms with E-state index in [9.17, 15) is 0 Å². The van der Waals surface area contributed by atoms with Gasteiger partial charge in [0.05, 0.1) is 76.0 Å². The molecule has 24 rings (SSSR count). The maximum absolute atomic E-state index is 8.64. The second-order valence-corrected chi connectivity index (χ2v) is 40.4. The van der Waals surface area contributed by atoms with Crippen molar-refractivity contribution in [3.63, 3.8) is 0 Å². The van der Waals surface area contributed by atoms with Crippen LogP contribution >= 0.6 is 0 Å². The summed E-state index contributed by atoms with van der Waals surface area (Å²) in [5, 5.41) is 6.33. The van der Waals surface area contributed by atoms with E-state index in [2.05, 4.69) is 190 Å². The summed E-state index contributed by atoms with van der Waals surface area (Å²) in [4.78, 5) is 14.7. The minimum absolute atomic E-state index is 0.0220. The fourth-order valence-electron chi connectivity index (χ4n) is 24.1. The minimum atomic E-state index is -0.470. The van der Waals surface area contributed by atoms with Gasteiger partial charge in [0.1, 0.15) is 72.9 Å². The van der Waals surface area contributed by atoms with Gasteiger partial charge in [-0.25, -0.2) is 19.4 Å². The molecule has 146 heavy (non-hydrogen) atoms. The third kappa shape index (κ3) is 17.3. The molecule has 724 valence electrons. The highest BCUT2D eigenvalue weighted by molar-refractivity contribution is 6.19. The second-order valence-electron chi connectivity index (χ2n) is 40.4. The molecule has 0 saturated heterocycles. The predicted octanol–water partition coefficient (Wildman–Crippen LogP) is 36.1. The van der Waals surface area contributed by atoms with E-state index in [1.54, 1.807) is 24.3 Å². The van der Waals surface area contributed by atoms with E-state index in [1.165, 1.54) is 177 Å². The summed E-state index contributed by atoms with van der Waals surface area (Å²) in [7, 11) is 8.34. The molecule has 4 aliphatic rings. The molecule has 12 heteroatoms. The first-order valence-electron chi connectivity index (χ1n) is 61.1. The van der Waals surface area contributed by atoms with Crippen LogP contribution < -0.4 is 18.3 Å². The van der Waals surface area contributed by atoms with Gasteiger partial charge in [-0.15, -0.1) is 0 Å². The van der Waals surface area contributed by atoms with Crippen LogP contribution in [0.2, 0.25) is 0 Å². The first kappa shape index (κ1) is 75.2. The Morgan fingerprint density at radius 1 is 0.267 bits per heavy atom. The van der Waals surface area contributed by atoms with Gasteiger partial charge in [-0.3, -0.25) is 0 Å². The van der Waals surface area contributed by atoms with Gasteiger partial charge in [0.25, 0.3) is 0 Å². The summed E-state index contributed by atoms with van der Waals surface area (Å²) in [5.74, 6) is 2.40. The Bertz CT molecular complexity index is 10000. The van der Waals surface area contributed by atoms with Crippen molar-refractivity contribution >= 4 is 111 Å². The molecule has 8 aromatic heterocycles. The van der Waals surface area contributed by atoms with Crippen LogP contribution in [0.25, 0.3) is 197 Å². The average Bonchev–Trinajstić information content (AvgIpc) is 1.58. The third-order valence-corrected chi connectivity index (χ3v) is 32.4. The van der Waals surface area contributed by atoms with Crippen LogP contribution in [0.4, 0.5) is 22.7 Å². The first-order chi connectivity index (χ1) is 79.3. The van der Waals surface area contributed by atoms with Crippen molar-refractivity contribution in [2.45, 2.75) is 216 Å². The summed E-state index contributed by atoms with van der Waals surface area (Å²) in [6.45, 7) is 54.9. The molecule has 0 N–H and O–H groups in total. The van der Waals surface area contributed by atoms with Gasteiger partial charge >= 0.3 is 0 Å². The van der Waals surface area contributed by atoms with Crippen molar-refractivity contribution in [2.24, 2.45) is 34.1 Å². The fourth-order valence-corrected chi connectivity index (χ4v) is 24.1. The van der Waals surface area contributed by atoms with E-state index in [0.717, 1.165) is 123 Å². The molecule has 4 fully saturated rings. The van der Waals surface area contributed by atoms with Crippen LogP contribution in [0.15, 0.2) is 266 Å². The van der Waals surface area contributed by atoms with Crippen LogP contribution in [0.1, 0.15) is 245 Å². The summed E-state index contributed by atoms with van der Waals surface area (Å²) in [6.07, 6.45) is 23.8. The zero-order chi connectivity index (χ0) is 119. The highest BCUT2D eigenvalue weighted by Crippen LogP contribution is 2.53. The number of fused-ring (bicyclic) bond motifs is 12. The molecule has 4 aliphatic carbocycles. The maximum atomic E-state index is 8.64. The van der Waals surface area contributed by atoms with E-state index in [0.29, 0.717) is 62.4 Å². The second kappa shape index (κ2) is 40.5. The van der Waals surface area contributed by atoms with Gasteiger partial charge in [-0.05, 0) is 184 Å². The molecule has 0 radical (unpaired) electrons. The molecule has 0 atom stereocenters. The standard InChI is InChI=1S/2C34H33N2O.2C33H31N2O/c1-21-16-17-26-27-18-19-29(35-4)32(25-14-10-7-11-15-25)34(27)37-33(26)31(21)30-20-28(22(2)23(3)36(30)5)24-12-8-6-9-13-24;1-22-15-17-27-28-18-19-29(35-3)32(25-13-9-6-10-14-25)34(28)37-33(27)31(22)30-20-16-26(23(2)36(30)4)21-24-11-7-5-8-12-24;1-20-15-16-25-26-17-18-28(34-4)31(24-13-7-6-8-14-24)33(26)36-32(25)30(20)29-19-27(23-11-9-10-12-23)21(2)22(3)35(29)5;1-20-15-16-25-26-17-18-27(34-4)31(24-11-7-6-8-12-24)33(26)36-32(25)30(20)28-19-21(2)29(22(3)35(28)5)23-13-9-10-14-23/h7,10-11,14-20,24H,6,8-9,12-13H2,1-3,5H3;6,9-10,13-20,24H,5,7-8,11-12,21H2,1-2,4H3;6-8,13-19,23H,9-12H2,1-3,5H3;6-8,11-12,15-19,23H,9-10,13-14H2,1-3,5H3/q4*+1/i7D,10D,11D,14D,15D;6D,9D,10D,13D,14D;6D,7D,8D,13D,14D;6D,7D,8D,11D,12D. The van der Waals surface area contributed by atoms with Crippen molar-refractivity contribution in [1.82, 2.24) is 0 Å². The molecule has 20 aromatic rings. The monoisotopic (exact) mass is 1930 g/mol. The van der Waals surface area contributed by atoms with E-state index in [1.807, 2.05) is 55.5 Å². The Hall–Kier alpha value is -15.6. The molecule has 0 bridgehead atoms. The first-order valence-corrected chi connectivity index (χ1v) is 51.1. The zero-order valence-electron chi connectivity index (χ0n) is 106. The Kier molecular flexibility index (Phi) is 20.9. The topological polar surface area (TPSA) is 85.5 Å². The lowest BCUT2D eigenvalue weighted by Crippen LogP contribution is -2.37. The van der Waals surface area contributed by atoms with Crippen LogP contribution in [0.5, 0.6) is 0 Å². The number of aryl methyl sites for hydroxylation is 5. The van der Waals surface area contributed by atoms with Crippen molar-refractivity contribution in [3.8, 4) is 89.5 Å². The number of hydrogen-bond acceptors (Lipinski definition) is 4. The SMILES string of the molecule is [2H]c1c([2H])c([2H])c(-c2c([N+]#[C-])ccc3c2oc2c(-c4cc(C)c(C5CCCC5)c(C)[n+]4C)c(C)ccc23)c([2H])c1[2H].[2H]c1c([2H])c([2H])c(-c2c([N+]#[C-])ccc3c2oc2c(-c4cc(C5CCCC5)c(C)c(C)[n+]4C)c(C)ccc23)c([2H])c1[2H].[2H]c1c([2H])c([2H])c(-c2c([N+]#[C-])ccc3c2oc2c(-c4cc(C5CCCCC5)c(C)c(C)[n+]4C)c(C)ccc23)c([2H])c1[2H].[2H]c1c([2H])c([2H])c(-c2c([N+]#[C-])ccc3c2oc2c(-c4ccc(CC5CCCCC5)c(C)[n+]4C)c(C)ccc23)c([2H])c1[2H]. The zero-order valence-corrected chi connectivity index (χ0v) is 85.6. The van der Waals surface area contributed by atoms with Crippen LogP contribution in [0, 0.1) is 108 Å². The van der Waals surface area contributed by atoms with Crippen LogP contribution in [0.3, 0.4) is 0 Å². The Morgan fingerprint density at radius 2 is 0.527 bits per heavy atom. The molecular weight excluding hydrogens is 1790 g/mol. The summed E-state index contributed by atoms with van der Waals surface area (Å²) >= 11 is 0. The molecule has 0 spiro atoms. The molecule has 0 amide bonds. The van der Waals surface area contributed by atoms with Crippen molar-refractivity contribution in [1.29, 1.82) is 0 Å². The van der Waals surface area contributed by atoms with Crippen molar-refractivity contribution < 1.29 is 63.4 Å². The highest BCUT2D eigenvalue weighted by atomic mass is 16.3. The van der Waals surface area contributed by atoms with Gasteiger partial charge in [0, 0.05) is 140 Å². The minimum Gasteiger partial charge on any atom is -0.456 e. The quantitative estimate of drug-likeness (QED) is 0.0850. The normalized spacial score (nSPS) is 16.1. The lowest BCUT2D eigenvalue weighted by atomic mass is 9.81. The van der Waals surface area contributed by atoms with Gasteiger partial charge in [0.2, 0.25) is 22.8 Å². The molecule has 4 saturated carbocycles. The number of hydrogen-bond donors (Lipinski definition) is 0. The van der Waals surface area contributed by atoms with Gasteiger partial charge in [-0.1, -0.05) is 295 Å². The number of pyridine rings is 4. The van der Waals surface area contributed by atoms with Gasteiger partial charge in [-0.2, -0.15) is 18.3 Å². The van der Waals surface area contributed by atoms with E-state index < -0.39 is 72.5 Å². The van der Waals surface area contributed by atoms with Gasteiger partial charge < -0.3 is 17.7 Å². The van der Waals surface area contributed by atoms with E-state index in [-0.39, 0.29) is 116 Å². The lowest BCUT2D eigenvalue weighted by molar-refractivity contribution is -0.667. The number of benzene rings is 12. The predicted molar refractivity (Wildman–Crippen MR) is 599 cm³/mol. The smallest absolute Gasteiger partial charge is 0.216 e. The maximum Gasteiger partial charge on any atom is 0.216 e. The lowest BCUT2D eigenvalue weighted by Gasteiger charge is -2.24. The molecule has 0 unspecified atom stereocenters. The number of aromatic nitrogens is 4. The summed E-state index contributed by atoms with van der Waals surface area (Å²) < 4.78 is 203.